The van der Waals surface area contributed by atoms with Crippen molar-refractivity contribution in [2.75, 3.05) is 18.4 Å². The molecule has 1 unspecified atom stereocenters. The van der Waals surface area contributed by atoms with Crippen molar-refractivity contribution < 1.29 is 14.0 Å². The molecule has 9 heteroatoms. The van der Waals surface area contributed by atoms with Crippen LogP contribution in [-0.2, 0) is 4.79 Å². The normalized spacial score (nSPS) is 11.2. The van der Waals surface area contributed by atoms with Crippen LogP contribution in [0.5, 0.6) is 0 Å². The summed E-state index contributed by atoms with van der Waals surface area (Å²) in [6, 6.07) is 9.86. The Hall–Kier alpha value is -2.82. The number of halogens is 3. The fourth-order valence-electron chi connectivity index (χ4n) is 2.34. The van der Waals surface area contributed by atoms with E-state index in [-0.39, 0.29) is 34.3 Å². The van der Waals surface area contributed by atoms with Gasteiger partial charge in [0.2, 0.25) is 5.91 Å². The average molecular weight is 423 g/mol. The molecule has 0 aliphatic rings. The van der Waals surface area contributed by atoms with Crippen molar-refractivity contribution in [1.29, 1.82) is 5.26 Å². The van der Waals surface area contributed by atoms with Gasteiger partial charge < -0.3 is 16.0 Å². The molecule has 0 heterocycles. The number of carbonyl (C=O) groups excluding carboxylic acids is 2. The van der Waals surface area contributed by atoms with E-state index < -0.39 is 23.7 Å². The lowest BCUT2D eigenvalue weighted by atomic mass is 10.2. The standard InChI is InChI=1S/C19H17Cl2FN4O2/c1-11(26-19(28)12-4-2-5-14(20)17(12)21)18(27)25-9-8-24-16-7-3-6-15(22)13(16)10-23/h2-7,11,24H,8-9H2,1H3,(H,25,27)(H,26,28). The summed E-state index contributed by atoms with van der Waals surface area (Å²) in [5.74, 6) is -1.55. The summed E-state index contributed by atoms with van der Waals surface area (Å²) in [7, 11) is 0. The maximum atomic E-state index is 13.5. The summed E-state index contributed by atoms with van der Waals surface area (Å²) < 4.78 is 13.5. The van der Waals surface area contributed by atoms with Gasteiger partial charge in [-0.15, -0.1) is 0 Å². The maximum Gasteiger partial charge on any atom is 0.253 e. The van der Waals surface area contributed by atoms with Gasteiger partial charge in [0.05, 0.1) is 21.3 Å². The average Bonchev–Trinajstić information content (AvgIpc) is 2.67. The zero-order chi connectivity index (χ0) is 20.7. The molecule has 0 bridgehead atoms. The van der Waals surface area contributed by atoms with E-state index in [4.69, 9.17) is 28.5 Å². The van der Waals surface area contributed by atoms with Crippen LogP contribution in [0.1, 0.15) is 22.8 Å². The van der Waals surface area contributed by atoms with Crippen molar-refractivity contribution >= 4 is 40.7 Å². The molecule has 0 aliphatic carbocycles. The third-order valence-corrected chi connectivity index (χ3v) is 4.62. The lowest BCUT2D eigenvalue weighted by molar-refractivity contribution is -0.122. The molecule has 0 radical (unpaired) electrons. The van der Waals surface area contributed by atoms with E-state index in [2.05, 4.69) is 16.0 Å². The van der Waals surface area contributed by atoms with Crippen LogP contribution in [0.4, 0.5) is 10.1 Å². The molecule has 0 fully saturated rings. The summed E-state index contributed by atoms with van der Waals surface area (Å²) >= 11 is 11.9. The number of nitrogens with one attached hydrogen (secondary N) is 3. The Morgan fingerprint density at radius 3 is 2.61 bits per heavy atom. The number of anilines is 1. The summed E-state index contributed by atoms with van der Waals surface area (Å²) in [4.78, 5) is 24.4. The van der Waals surface area contributed by atoms with Crippen LogP contribution in [0.2, 0.25) is 10.0 Å². The first-order valence-electron chi connectivity index (χ1n) is 8.30. The first kappa shape index (κ1) is 21.5. The van der Waals surface area contributed by atoms with Crippen LogP contribution in [0.25, 0.3) is 0 Å². The summed E-state index contributed by atoms with van der Waals surface area (Å²) in [6.07, 6.45) is 0. The van der Waals surface area contributed by atoms with E-state index in [1.54, 1.807) is 24.3 Å². The van der Waals surface area contributed by atoms with Gasteiger partial charge >= 0.3 is 0 Å². The van der Waals surface area contributed by atoms with Gasteiger partial charge in [0.1, 0.15) is 23.5 Å². The van der Waals surface area contributed by atoms with Crippen molar-refractivity contribution in [2.24, 2.45) is 0 Å². The van der Waals surface area contributed by atoms with Gasteiger partial charge in [0.25, 0.3) is 5.91 Å². The number of hydrogen-bond acceptors (Lipinski definition) is 4. The molecule has 6 nitrogen and oxygen atoms in total. The fourth-order valence-corrected chi connectivity index (χ4v) is 2.73. The first-order valence-corrected chi connectivity index (χ1v) is 9.05. The number of amides is 2. The van der Waals surface area contributed by atoms with E-state index in [0.717, 1.165) is 0 Å². The summed E-state index contributed by atoms with van der Waals surface area (Å²) in [5.41, 5.74) is 0.423. The highest BCUT2D eigenvalue weighted by Crippen LogP contribution is 2.25. The van der Waals surface area contributed by atoms with Gasteiger partial charge in [0, 0.05) is 13.1 Å². The second-order valence-corrected chi connectivity index (χ2v) is 6.57. The monoisotopic (exact) mass is 422 g/mol. The zero-order valence-electron chi connectivity index (χ0n) is 14.9. The van der Waals surface area contributed by atoms with Gasteiger partial charge in [0.15, 0.2) is 0 Å². The number of nitrogens with zero attached hydrogens (tertiary/aromatic N) is 1. The van der Waals surface area contributed by atoms with E-state index in [1.165, 1.54) is 25.1 Å². The molecular weight excluding hydrogens is 406 g/mol. The molecule has 2 aromatic carbocycles. The number of rotatable bonds is 7. The third kappa shape index (κ3) is 5.35. The number of benzene rings is 2. The van der Waals surface area contributed by atoms with Gasteiger partial charge in [-0.25, -0.2) is 4.39 Å². The molecule has 146 valence electrons. The van der Waals surface area contributed by atoms with Gasteiger partial charge in [-0.05, 0) is 31.2 Å². The predicted molar refractivity (Wildman–Crippen MR) is 106 cm³/mol. The van der Waals surface area contributed by atoms with E-state index in [1.807, 2.05) is 0 Å². The Bertz CT molecular complexity index is 931. The Balaban J connectivity index is 1.83. The van der Waals surface area contributed by atoms with Crippen LogP contribution in [0.3, 0.4) is 0 Å². The minimum Gasteiger partial charge on any atom is -0.382 e. The third-order valence-electron chi connectivity index (χ3n) is 3.80. The molecule has 1 atom stereocenters. The molecule has 0 spiro atoms. The Morgan fingerprint density at radius 1 is 1.18 bits per heavy atom. The van der Waals surface area contributed by atoms with Crippen LogP contribution < -0.4 is 16.0 Å². The number of carbonyl (C=O) groups is 2. The Morgan fingerprint density at radius 2 is 1.89 bits per heavy atom. The number of hydrogen-bond donors (Lipinski definition) is 3. The predicted octanol–water partition coefficient (Wildman–Crippen LogP) is 3.35. The second-order valence-electron chi connectivity index (χ2n) is 5.79. The molecule has 2 aromatic rings. The molecule has 2 amide bonds. The lowest BCUT2D eigenvalue weighted by Gasteiger charge is -2.15. The minimum absolute atomic E-state index is 0.0899. The van der Waals surface area contributed by atoms with Gasteiger partial charge in [-0.1, -0.05) is 35.3 Å². The molecule has 0 aliphatic heterocycles. The van der Waals surface area contributed by atoms with Gasteiger partial charge in [-0.2, -0.15) is 5.26 Å². The van der Waals surface area contributed by atoms with Crippen LogP contribution in [0, 0.1) is 17.1 Å². The smallest absolute Gasteiger partial charge is 0.253 e. The molecule has 28 heavy (non-hydrogen) atoms. The van der Waals surface area contributed by atoms with Crippen LogP contribution in [0.15, 0.2) is 36.4 Å². The maximum absolute atomic E-state index is 13.5. The molecule has 0 aromatic heterocycles. The zero-order valence-corrected chi connectivity index (χ0v) is 16.4. The van der Waals surface area contributed by atoms with Crippen molar-refractivity contribution in [2.45, 2.75) is 13.0 Å². The van der Waals surface area contributed by atoms with Crippen molar-refractivity contribution in [3.63, 3.8) is 0 Å². The molecule has 3 N–H and O–H groups in total. The van der Waals surface area contributed by atoms with E-state index >= 15 is 0 Å². The SMILES string of the molecule is CC(NC(=O)c1cccc(Cl)c1Cl)C(=O)NCCNc1cccc(F)c1C#N. The highest BCUT2D eigenvalue weighted by atomic mass is 35.5. The van der Waals surface area contributed by atoms with E-state index in [0.29, 0.717) is 5.69 Å². The topological polar surface area (TPSA) is 94.0 Å². The van der Waals surface area contributed by atoms with E-state index in [9.17, 15) is 14.0 Å². The first-order chi connectivity index (χ1) is 13.3. The molecule has 0 saturated carbocycles. The molecular formula is C19H17Cl2FN4O2. The van der Waals surface area contributed by atoms with Crippen molar-refractivity contribution in [3.05, 3.63) is 63.4 Å². The van der Waals surface area contributed by atoms with Crippen molar-refractivity contribution in [1.82, 2.24) is 10.6 Å². The largest absolute Gasteiger partial charge is 0.382 e. The lowest BCUT2D eigenvalue weighted by Crippen LogP contribution is -2.45. The number of nitriles is 1. The van der Waals surface area contributed by atoms with Crippen LogP contribution in [-0.4, -0.2) is 30.9 Å². The molecule has 0 saturated heterocycles. The van der Waals surface area contributed by atoms with Crippen molar-refractivity contribution in [3.8, 4) is 6.07 Å². The summed E-state index contributed by atoms with van der Waals surface area (Å²) in [6.45, 7) is 2.00. The minimum atomic E-state index is -0.814. The second kappa shape index (κ2) is 9.93. The highest BCUT2D eigenvalue weighted by molar-refractivity contribution is 6.43. The highest BCUT2D eigenvalue weighted by Gasteiger charge is 2.19. The Kier molecular flexibility index (Phi) is 7.61. The van der Waals surface area contributed by atoms with Gasteiger partial charge in [-0.3, -0.25) is 9.59 Å². The fraction of sp³-hybridized carbons (Fsp3) is 0.211. The van der Waals surface area contributed by atoms with Crippen LogP contribution >= 0.6 is 23.2 Å². The quantitative estimate of drug-likeness (QED) is 0.596. The Labute approximate surface area is 171 Å². The summed E-state index contributed by atoms with van der Waals surface area (Å²) in [5, 5.41) is 17.4. The molecule has 2 rings (SSSR count).